The second kappa shape index (κ2) is 7.60. The molecule has 1 aliphatic carbocycles. The number of aryl methyl sites for hydroxylation is 1. The summed E-state index contributed by atoms with van der Waals surface area (Å²) in [6, 6.07) is 12.2. The van der Waals surface area contributed by atoms with E-state index >= 15 is 0 Å². The number of rotatable bonds is 5. The fourth-order valence-electron chi connectivity index (χ4n) is 3.62. The predicted octanol–water partition coefficient (Wildman–Crippen LogP) is 4.00. The Kier molecular flexibility index (Phi) is 5.01. The Hall–Kier alpha value is -2.92. The van der Waals surface area contributed by atoms with Crippen LogP contribution in [-0.2, 0) is 12.8 Å². The van der Waals surface area contributed by atoms with E-state index in [1.165, 1.54) is 0 Å². The highest BCUT2D eigenvalue weighted by molar-refractivity contribution is 6.31. The Morgan fingerprint density at radius 3 is 2.68 bits per heavy atom. The highest BCUT2D eigenvalue weighted by Crippen LogP contribution is 2.31. The maximum Gasteiger partial charge on any atom is 0.252 e. The largest absolute Gasteiger partial charge is 0.497 e. The van der Waals surface area contributed by atoms with Gasteiger partial charge in [0, 0.05) is 21.7 Å². The molecule has 0 spiro atoms. The van der Waals surface area contributed by atoms with Gasteiger partial charge in [-0.3, -0.25) is 14.6 Å². The summed E-state index contributed by atoms with van der Waals surface area (Å²) in [6.45, 7) is -0.0791. The molecule has 0 bridgehead atoms. The van der Waals surface area contributed by atoms with E-state index < -0.39 is 0 Å². The van der Waals surface area contributed by atoms with Gasteiger partial charge in [0.05, 0.1) is 24.7 Å². The van der Waals surface area contributed by atoms with E-state index in [2.05, 4.69) is 10.3 Å². The van der Waals surface area contributed by atoms with Gasteiger partial charge in [-0.25, -0.2) is 0 Å². The van der Waals surface area contributed by atoms with Gasteiger partial charge in [-0.1, -0.05) is 11.6 Å². The summed E-state index contributed by atoms with van der Waals surface area (Å²) in [5.74, 6) is 0.245. The molecule has 1 aliphatic rings. The normalized spacial score (nSPS) is 12.6. The number of ketones is 1. The lowest BCUT2D eigenvalue weighted by atomic mass is 10.0. The first-order valence-electron chi connectivity index (χ1n) is 9.13. The van der Waals surface area contributed by atoms with E-state index in [1.807, 2.05) is 6.07 Å². The van der Waals surface area contributed by atoms with E-state index in [9.17, 15) is 9.59 Å². The number of Topliss-reactive ketones (excluding diaryl/α,β-unsaturated/α-hetero) is 1. The number of ether oxygens (including phenoxy) is 1. The number of amides is 1. The fraction of sp³-hybridized carbons (Fsp3) is 0.227. The number of halogens is 1. The van der Waals surface area contributed by atoms with Gasteiger partial charge in [-0.15, -0.1) is 0 Å². The maximum absolute atomic E-state index is 13.0. The molecule has 0 unspecified atom stereocenters. The van der Waals surface area contributed by atoms with E-state index in [-0.39, 0.29) is 18.2 Å². The van der Waals surface area contributed by atoms with Crippen molar-refractivity contribution >= 4 is 34.2 Å². The van der Waals surface area contributed by atoms with Crippen molar-refractivity contribution < 1.29 is 14.3 Å². The van der Waals surface area contributed by atoms with Crippen LogP contribution in [0.15, 0.2) is 42.5 Å². The molecule has 2 aromatic carbocycles. The number of hydrogen-bond donors (Lipinski definition) is 1. The lowest BCUT2D eigenvalue weighted by molar-refractivity contribution is 0.0904. The van der Waals surface area contributed by atoms with Gasteiger partial charge in [0.25, 0.3) is 5.91 Å². The van der Waals surface area contributed by atoms with Crippen molar-refractivity contribution in [2.75, 3.05) is 13.7 Å². The number of fused-ring (bicyclic) bond motifs is 2. The zero-order valence-corrected chi connectivity index (χ0v) is 16.2. The fourth-order valence-corrected chi connectivity index (χ4v) is 3.79. The summed E-state index contributed by atoms with van der Waals surface area (Å²) in [4.78, 5) is 30.1. The van der Waals surface area contributed by atoms with Crippen molar-refractivity contribution in [3.05, 3.63) is 69.9 Å². The van der Waals surface area contributed by atoms with Crippen LogP contribution in [0.2, 0.25) is 5.02 Å². The highest BCUT2D eigenvalue weighted by Gasteiger charge is 2.24. The Labute approximate surface area is 167 Å². The lowest BCUT2D eigenvalue weighted by Crippen LogP contribution is -2.30. The molecule has 0 saturated carbocycles. The summed E-state index contributed by atoms with van der Waals surface area (Å²) in [6.07, 6.45) is 2.64. The second-order valence-electron chi connectivity index (χ2n) is 6.76. The SMILES string of the molecule is COc1ccc(C(=O)CNC(=O)c2c3c(nc4ccc(Cl)cc24)CCC3)cc1. The van der Waals surface area contributed by atoms with Crippen molar-refractivity contribution in [2.45, 2.75) is 19.3 Å². The third kappa shape index (κ3) is 3.45. The number of nitrogens with zero attached hydrogens (tertiary/aromatic N) is 1. The third-order valence-electron chi connectivity index (χ3n) is 5.02. The molecule has 142 valence electrons. The number of methoxy groups -OCH3 is 1. The Morgan fingerprint density at radius 2 is 1.93 bits per heavy atom. The standard InChI is InChI=1S/C22H19ClN2O3/c1-28-15-8-5-13(6-9-15)20(26)12-24-22(27)21-16-3-2-4-18(16)25-19-10-7-14(23)11-17(19)21/h5-11H,2-4,12H2,1H3,(H,24,27). The zero-order chi connectivity index (χ0) is 19.7. The first-order valence-corrected chi connectivity index (χ1v) is 9.51. The van der Waals surface area contributed by atoms with Gasteiger partial charge in [0.15, 0.2) is 5.78 Å². The first-order chi connectivity index (χ1) is 13.6. The third-order valence-corrected chi connectivity index (χ3v) is 5.26. The Morgan fingerprint density at radius 1 is 1.14 bits per heavy atom. The van der Waals surface area contributed by atoms with Crippen molar-refractivity contribution in [1.29, 1.82) is 0 Å². The van der Waals surface area contributed by atoms with Gasteiger partial charge in [-0.05, 0) is 67.3 Å². The van der Waals surface area contributed by atoms with Gasteiger partial charge >= 0.3 is 0 Å². The zero-order valence-electron chi connectivity index (χ0n) is 15.4. The molecule has 1 heterocycles. The molecular weight excluding hydrogens is 376 g/mol. The molecule has 0 aliphatic heterocycles. The number of nitrogens with one attached hydrogen (secondary N) is 1. The van der Waals surface area contributed by atoms with E-state index in [0.29, 0.717) is 21.9 Å². The van der Waals surface area contributed by atoms with Crippen LogP contribution in [0.3, 0.4) is 0 Å². The topological polar surface area (TPSA) is 68.3 Å². The number of benzene rings is 2. The quantitative estimate of drug-likeness (QED) is 0.664. The number of hydrogen-bond acceptors (Lipinski definition) is 4. The Balaban J connectivity index is 1.60. The minimum atomic E-state index is -0.269. The number of carbonyl (C=O) groups is 2. The summed E-state index contributed by atoms with van der Waals surface area (Å²) >= 11 is 6.15. The summed E-state index contributed by atoms with van der Waals surface area (Å²) < 4.78 is 5.10. The minimum Gasteiger partial charge on any atom is -0.497 e. The monoisotopic (exact) mass is 394 g/mol. The predicted molar refractivity (Wildman–Crippen MR) is 108 cm³/mol. The van der Waals surface area contributed by atoms with Crippen LogP contribution in [0.1, 0.15) is 38.4 Å². The summed E-state index contributed by atoms with van der Waals surface area (Å²) in [5.41, 5.74) is 3.78. The van der Waals surface area contributed by atoms with Gasteiger partial charge in [-0.2, -0.15) is 0 Å². The molecule has 0 atom stereocenters. The molecule has 0 saturated heterocycles. The molecule has 28 heavy (non-hydrogen) atoms. The van der Waals surface area contributed by atoms with E-state index in [4.69, 9.17) is 16.3 Å². The molecule has 0 fully saturated rings. The molecule has 5 nitrogen and oxygen atoms in total. The smallest absolute Gasteiger partial charge is 0.252 e. The van der Waals surface area contributed by atoms with Crippen LogP contribution in [0, 0.1) is 0 Å². The summed E-state index contributed by atoms with van der Waals surface area (Å²) in [7, 11) is 1.57. The first kappa shape index (κ1) is 18.4. The van der Waals surface area contributed by atoms with Crippen LogP contribution in [0.25, 0.3) is 10.9 Å². The van der Waals surface area contributed by atoms with E-state index in [1.54, 1.807) is 43.5 Å². The number of carbonyl (C=O) groups excluding carboxylic acids is 2. The average molecular weight is 395 g/mol. The van der Waals surface area contributed by atoms with Gasteiger partial charge in [0.1, 0.15) is 5.75 Å². The van der Waals surface area contributed by atoms with E-state index in [0.717, 1.165) is 41.4 Å². The lowest BCUT2D eigenvalue weighted by Gasteiger charge is -2.13. The van der Waals surface area contributed by atoms with Crippen molar-refractivity contribution in [3.63, 3.8) is 0 Å². The molecule has 4 rings (SSSR count). The average Bonchev–Trinajstić information content (AvgIpc) is 3.18. The van der Waals surface area contributed by atoms with Gasteiger partial charge < -0.3 is 10.1 Å². The van der Waals surface area contributed by atoms with Crippen LogP contribution >= 0.6 is 11.6 Å². The summed E-state index contributed by atoms with van der Waals surface area (Å²) in [5, 5.41) is 4.05. The van der Waals surface area contributed by atoms with Gasteiger partial charge in [0.2, 0.25) is 0 Å². The second-order valence-corrected chi connectivity index (χ2v) is 7.20. The molecular formula is C22H19ClN2O3. The van der Waals surface area contributed by atoms with Crippen LogP contribution < -0.4 is 10.1 Å². The van der Waals surface area contributed by atoms with Crippen LogP contribution in [0.4, 0.5) is 0 Å². The van der Waals surface area contributed by atoms with Crippen molar-refractivity contribution in [2.24, 2.45) is 0 Å². The highest BCUT2D eigenvalue weighted by atomic mass is 35.5. The molecule has 1 aromatic heterocycles. The number of aromatic nitrogens is 1. The minimum absolute atomic E-state index is 0.0791. The maximum atomic E-state index is 13.0. The van der Waals surface area contributed by atoms with Crippen LogP contribution in [0.5, 0.6) is 5.75 Å². The van der Waals surface area contributed by atoms with Crippen molar-refractivity contribution in [1.82, 2.24) is 10.3 Å². The van der Waals surface area contributed by atoms with Crippen molar-refractivity contribution in [3.8, 4) is 5.75 Å². The number of pyridine rings is 1. The molecule has 3 aromatic rings. The Bertz CT molecular complexity index is 1080. The molecule has 6 heteroatoms. The molecule has 0 radical (unpaired) electrons. The molecule has 1 amide bonds. The molecule has 1 N–H and O–H groups in total. The van der Waals surface area contributed by atoms with Crippen LogP contribution in [-0.4, -0.2) is 30.3 Å².